The molecule has 6 nitrogen and oxygen atoms in total. The van der Waals surface area contributed by atoms with Crippen LogP contribution in [0.1, 0.15) is 24.0 Å². The highest BCUT2D eigenvalue weighted by atomic mass is 32.1. The molecule has 0 bridgehead atoms. The molecule has 0 fully saturated rings. The third-order valence-electron chi connectivity index (χ3n) is 2.86. The second kappa shape index (κ2) is 5.94. The van der Waals surface area contributed by atoms with E-state index in [1.807, 2.05) is 31.8 Å². The maximum atomic E-state index is 5.51. The highest BCUT2D eigenvalue weighted by Gasteiger charge is 2.14. The lowest BCUT2D eigenvalue weighted by Crippen LogP contribution is -2.22. The number of nitrogen functional groups attached to an aromatic ring is 1. The molecule has 0 amide bonds. The van der Waals surface area contributed by atoms with E-state index in [0.29, 0.717) is 12.4 Å². The minimum Gasteiger partial charge on any atom is -0.353 e. The van der Waals surface area contributed by atoms with Gasteiger partial charge in [0.25, 0.3) is 0 Å². The average Bonchev–Trinajstić information content (AvgIpc) is 2.91. The molecule has 0 aliphatic heterocycles. The first-order valence-electron chi connectivity index (χ1n) is 6.08. The predicted octanol–water partition coefficient (Wildman–Crippen LogP) is 1.73. The summed E-state index contributed by atoms with van der Waals surface area (Å²) in [6, 6.07) is 0. The Morgan fingerprint density at radius 1 is 1.42 bits per heavy atom. The van der Waals surface area contributed by atoms with Gasteiger partial charge in [0, 0.05) is 24.4 Å². The van der Waals surface area contributed by atoms with Crippen molar-refractivity contribution in [2.45, 2.75) is 26.8 Å². The molecular weight excluding hydrogens is 260 g/mol. The summed E-state index contributed by atoms with van der Waals surface area (Å²) in [5, 5.41) is 2.04. The Hall–Kier alpha value is -1.73. The Morgan fingerprint density at radius 3 is 2.79 bits per heavy atom. The zero-order chi connectivity index (χ0) is 13.8. The maximum absolute atomic E-state index is 5.51. The van der Waals surface area contributed by atoms with Crippen LogP contribution in [0.15, 0.2) is 10.9 Å². The predicted molar refractivity (Wildman–Crippen MR) is 78.2 cm³/mol. The van der Waals surface area contributed by atoms with E-state index in [4.69, 9.17) is 5.84 Å². The van der Waals surface area contributed by atoms with E-state index < -0.39 is 0 Å². The van der Waals surface area contributed by atoms with Gasteiger partial charge in [-0.3, -0.25) is 0 Å². The Kier molecular flexibility index (Phi) is 4.28. The molecular formula is C12H18N6S. The quantitative estimate of drug-likeness (QED) is 0.640. The number of aryl methyl sites for hydroxylation is 1. The molecule has 0 spiro atoms. The maximum Gasteiger partial charge on any atom is 0.148 e. The Bertz CT molecular complexity index is 539. The Balaban J connectivity index is 2.31. The lowest BCUT2D eigenvalue weighted by atomic mass is 10.2. The summed E-state index contributed by atoms with van der Waals surface area (Å²) in [7, 11) is 1.99. The van der Waals surface area contributed by atoms with Gasteiger partial charge in [-0.05, 0) is 6.92 Å². The molecule has 2 aromatic rings. The Morgan fingerprint density at radius 2 is 2.21 bits per heavy atom. The molecule has 2 rings (SSSR count). The summed E-state index contributed by atoms with van der Waals surface area (Å²) in [4.78, 5) is 15.3. The van der Waals surface area contributed by atoms with Gasteiger partial charge < -0.3 is 10.3 Å². The fraction of sp³-hybridized carbons (Fsp3) is 0.417. The number of rotatable bonds is 5. The SMILES string of the molecule is CCc1nc(NN)c(C)c(N(C)Cc2cscn2)n1. The van der Waals surface area contributed by atoms with Gasteiger partial charge in [0.05, 0.1) is 17.7 Å². The fourth-order valence-electron chi connectivity index (χ4n) is 1.85. The van der Waals surface area contributed by atoms with Crippen LogP contribution in [0.3, 0.4) is 0 Å². The number of nitrogens with zero attached hydrogens (tertiary/aromatic N) is 4. The second-order valence-corrected chi connectivity index (χ2v) is 4.99. The number of thiazole rings is 1. The molecule has 2 aromatic heterocycles. The third-order valence-corrected chi connectivity index (χ3v) is 3.50. The van der Waals surface area contributed by atoms with Crippen LogP contribution in [-0.2, 0) is 13.0 Å². The standard InChI is InChI=1S/C12H18N6S/c1-4-10-15-11(17-13)8(2)12(16-10)18(3)5-9-6-19-7-14-9/h6-7H,4-5,13H2,1-3H3,(H,15,16,17). The van der Waals surface area contributed by atoms with Crippen molar-refractivity contribution in [2.75, 3.05) is 17.4 Å². The molecule has 102 valence electrons. The first kappa shape index (κ1) is 13.7. The summed E-state index contributed by atoms with van der Waals surface area (Å²) < 4.78 is 0. The summed E-state index contributed by atoms with van der Waals surface area (Å²) in [5.74, 6) is 7.84. The largest absolute Gasteiger partial charge is 0.353 e. The van der Waals surface area contributed by atoms with E-state index >= 15 is 0 Å². The van der Waals surface area contributed by atoms with Crippen LogP contribution in [0.25, 0.3) is 0 Å². The van der Waals surface area contributed by atoms with Gasteiger partial charge >= 0.3 is 0 Å². The number of hydrogen-bond donors (Lipinski definition) is 2. The minimum atomic E-state index is 0.673. The monoisotopic (exact) mass is 278 g/mol. The van der Waals surface area contributed by atoms with Crippen LogP contribution in [0.4, 0.5) is 11.6 Å². The topological polar surface area (TPSA) is 80.0 Å². The lowest BCUT2D eigenvalue weighted by molar-refractivity contribution is 0.836. The van der Waals surface area contributed by atoms with Crippen LogP contribution >= 0.6 is 11.3 Å². The summed E-state index contributed by atoms with van der Waals surface area (Å²) in [5.41, 5.74) is 6.44. The molecule has 19 heavy (non-hydrogen) atoms. The molecule has 0 atom stereocenters. The number of hydrogen-bond acceptors (Lipinski definition) is 7. The minimum absolute atomic E-state index is 0.673. The first-order valence-corrected chi connectivity index (χ1v) is 7.02. The van der Waals surface area contributed by atoms with Crippen molar-refractivity contribution in [3.8, 4) is 0 Å². The van der Waals surface area contributed by atoms with Crippen LogP contribution in [-0.4, -0.2) is 22.0 Å². The normalized spacial score (nSPS) is 10.5. The fourth-order valence-corrected chi connectivity index (χ4v) is 2.40. The zero-order valence-corrected chi connectivity index (χ0v) is 12.2. The van der Waals surface area contributed by atoms with E-state index in [1.54, 1.807) is 11.3 Å². The van der Waals surface area contributed by atoms with Crippen LogP contribution in [0, 0.1) is 6.92 Å². The molecule has 0 aliphatic rings. The Labute approximate surface area is 116 Å². The molecule has 7 heteroatoms. The zero-order valence-electron chi connectivity index (χ0n) is 11.3. The molecule has 0 saturated carbocycles. The summed E-state index contributed by atoms with van der Waals surface area (Å²) in [6.45, 7) is 4.70. The number of nitrogens with one attached hydrogen (secondary N) is 1. The number of nitrogens with two attached hydrogens (primary N) is 1. The molecule has 2 heterocycles. The van der Waals surface area contributed by atoms with Crippen LogP contribution in [0.5, 0.6) is 0 Å². The van der Waals surface area contributed by atoms with Crippen LogP contribution < -0.4 is 16.2 Å². The van der Waals surface area contributed by atoms with Gasteiger partial charge in [-0.15, -0.1) is 11.3 Å². The smallest absolute Gasteiger partial charge is 0.148 e. The lowest BCUT2D eigenvalue weighted by Gasteiger charge is -2.21. The van der Waals surface area contributed by atoms with E-state index in [0.717, 1.165) is 29.3 Å². The number of aromatic nitrogens is 3. The van der Waals surface area contributed by atoms with Gasteiger partial charge in [-0.1, -0.05) is 6.92 Å². The molecule has 3 N–H and O–H groups in total. The van der Waals surface area contributed by atoms with Gasteiger partial charge in [0.1, 0.15) is 17.5 Å². The van der Waals surface area contributed by atoms with E-state index in [-0.39, 0.29) is 0 Å². The summed E-state index contributed by atoms with van der Waals surface area (Å²) >= 11 is 1.59. The van der Waals surface area contributed by atoms with Crippen molar-refractivity contribution in [2.24, 2.45) is 5.84 Å². The summed E-state index contributed by atoms with van der Waals surface area (Å²) in [6.07, 6.45) is 0.770. The van der Waals surface area contributed by atoms with E-state index in [2.05, 4.69) is 25.3 Å². The molecule has 0 aliphatic carbocycles. The highest BCUT2D eigenvalue weighted by Crippen LogP contribution is 2.23. The first-order chi connectivity index (χ1) is 9.15. The van der Waals surface area contributed by atoms with Gasteiger partial charge in [0.2, 0.25) is 0 Å². The van der Waals surface area contributed by atoms with Crippen molar-refractivity contribution >= 4 is 23.0 Å². The van der Waals surface area contributed by atoms with Crippen molar-refractivity contribution in [1.29, 1.82) is 0 Å². The highest BCUT2D eigenvalue weighted by molar-refractivity contribution is 7.07. The van der Waals surface area contributed by atoms with E-state index in [9.17, 15) is 0 Å². The van der Waals surface area contributed by atoms with Crippen molar-refractivity contribution in [1.82, 2.24) is 15.0 Å². The van der Waals surface area contributed by atoms with Crippen molar-refractivity contribution in [3.63, 3.8) is 0 Å². The molecule has 0 aromatic carbocycles. The average molecular weight is 278 g/mol. The van der Waals surface area contributed by atoms with Gasteiger partial charge in [-0.25, -0.2) is 20.8 Å². The van der Waals surface area contributed by atoms with Gasteiger partial charge in [0.15, 0.2) is 0 Å². The van der Waals surface area contributed by atoms with Crippen molar-refractivity contribution < 1.29 is 0 Å². The second-order valence-electron chi connectivity index (χ2n) is 4.27. The molecule has 0 radical (unpaired) electrons. The van der Waals surface area contributed by atoms with Crippen LogP contribution in [0.2, 0.25) is 0 Å². The molecule has 0 saturated heterocycles. The van der Waals surface area contributed by atoms with Gasteiger partial charge in [-0.2, -0.15) is 0 Å². The number of hydrazine groups is 1. The third kappa shape index (κ3) is 2.99. The van der Waals surface area contributed by atoms with E-state index in [1.165, 1.54) is 0 Å². The molecule has 0 unspecified atom stereocenters. The number of anilines is 2. The van der Waals surface area contributed by atoms with Crippen molar-refractivity contribution in [3.05, 3.63) is 28.0 Å².